The third kappa shape index (κ3) is 5.14. The maximum atomic E-state index is 9.58. The molecule has 0 aliphatic heterocycles. The van der Waals surface area contributed by atoms with E-state index in [2.05, 4.69) is 31.1 Å². The first-order chi connectivity index (χ1) is 5.33. The number of hydrogen-bond donors (Lipinski definition) is 2. The Morgan fingerprint density at radius 1 is 1.42 bits per heavy atom. The van der Waals surface area contributed by atoms with Crippen LogP contribution in [0.2, 0.25) is 19.6 Å². The van der Waals surface area contributed by atoms with Gasteiger partial charge in [-0.2, -0.15) is 0 Å². The van der Waals surface area contributed by atoms with Gasteiger partial charge in [-0.25, -0.2) is 0 Å². The minimum atomic E-state index is -1.44. The fourth-order valence-corrected chi connectivity index (χ4v) is 1.46. The summed E-state index contributed by atoms with van der Waals surface area (Å²) in [6, 6.07) is 0. The molecule has 0 heterocycles. The maximum Gasteiger partial charge on any atom is 0.156 e. The van der Waals surface area contributed by atoms with Gasteiger partial charge in [0.2, 0.25) is 0 Å². The van der Waals surface area contributed by atoms with E-state index in [4.69, 9.17) is 5.11 Å². The van der Waals surface area contributed by atoms with Crippen LogP contribution in [0.4, 0.5) is 0 Å². The zero-order chi connectivity index (χ0) is 9.83. The third-order valence-electron chi connectivity index (χ3n) is 1.15. The Morgan fingerprint density at radius 3 is 2.17 bits per heavy atom. The minimum Gasteiger partial charge on any atom is -0.392 e. The Hall–Kier alpha value is 0.427. The van der Waals surface area contributed by atoms with Crippen LogP contribution in [0.5, 0.6) is 0 Å². The van der Waals surface area contributed by atoms with Crippen molar-refractivity contribution < 1.29 is 10.2 Å². The lowest BCUT2D eigenvalue weighted by atomic mass is 10.1. The molecule has 2 N–H and O–H groups in total. The number of hydrogen-bond acceptors (Lipinski definition) is 2. The molecule has 0 saturated carbocycles. The molecule has 1 atom stereocenters. The zero-order valence-electron chi connectivity index (χ0n) is 7.69. The lowest BCUT2D eigenvalue weighted by Gasteiger charge is -2.16. The number of aliphatic hydroxyl groups is 2. The van der Waals surface area contributed by atoms with Crippen LogP contribution < -0.4 is 0 Å². The van der Waals surface area contributed by atoms with Crippen LogP contribution in [0, 0.1) is 11.5 Å². The number of rotatable bonds is 2. The molecule has 12 heavy (non-hydrogen) atoms. The number of aliphatic hydroxyl groups excluding tert-OH is 1. The molecule has 4 heteroatoms. The van der Waals surface area contributed by atoms with Gasteiger partial charge in [-0.15, -0.1) is 5.54 Å². The fourth-order valence-electron chi connectivity index (χ4n) is 0.419. The molecule has 70 valence electrons. The molecular weight excluding hydrogens is 283 g/mol. The van der Waals surface area contributed by atoms with Crippen LogP contribution in [-0.2, 0) is 0 Å². The van der Waals surface area contributed by atoms with Crippen LogP contribution >= 0.6 is 22.6 Å². The highest BCUT2D eigenvalue weighted by Gasteiger charge is 2.21. The van der Waals surface area contributed by atoms with Crippen molar-refractivity contribution in [2.24, 2.45) is 0 Å². The SMILES string of the molecule is C[Si](C)(C)C#CC(O)(CO)CI. The van der Waals surface area contributed by atoms with E-state index in [1.807, 2.05) is 22.6 Å². The summed E-state index contributed by atoms with van der Waals surface area (Å²) in [6.07, 6.45) is 0. The Kier molecular flexibility index (Phi) is 4.77. The fraction of sp³-hybridized carbons (Fsp3) is 0.750. The van der Waals surface area contributed by atoms with Crippen molar-refractivity contribution >= 4 is 30.7 Å². The smallest absolute Gasteiger partial charge is 0.156 e. The van der Waals surface area contributed by atoms with Crippen molar-refractivity contribution in [3.8, 4) is 11.5 Å². The first-order valence-corrected chi connectivity index (χ1v) is 8.79. The van der Waals surface area contributed by atoms with Gasteiger partial charge < -0.3 is 10.2 Å². The molecule has 0 amide bonds. The van der Waals surface area contributed by atoms with Gasteiger partial charge >= 0.3 is 0 Å². The number of halogens is 1. The van der Waals surface area contributed by atoms with Gasteiger partial charge in [-0.1, -0.05) is 48.2 Å². The second kappa shape index (κ2) is 4.60. The van der Waals surface area contributed by atoms with E-state index in [1.54, 1.807) is 0 Å². The molecule has 0 aliphatic carbocycles. The average Bonchev–Trinajstić information content (AvgIpc) is 1.99. The third-order valence-corrected chi connectivity index (χ3v) is 3.29. The van der Waals surface area contributed by atoms with Gasteiger partial charge in [0.1, 0.15) is 8.07 Å². The van der Waals surface area contributed by atoms with Gasteiger partial charge in [0.25, 0.3) is 0 Å². The summed E-state index contributed by atoms with van der Waals surface area (Å²) in [5.41, 5.74) is 1.84. The Labute approximate surface area is 88.5 Å². The van der Waals surface area contributed by atoms with E-state index in [9.17, 15) is 5.11 Å². The van der Waals surface area contributed by atoms with E-state index in [1.165, 1.54) is 0 Å². The van der Waals surface area contributed by atoms with Gasteiger partial charge in [0.05, 0.1) is 6.61 Å². The van der Waals surface area contributed by atoms with Crippen molar-refractivity contribution in [3.05, 3.63) is 0 Å². The molecule has 0 rings (SSSR count). The van der Waals surface area contributed by atoms with Gasteiger partial charge in [0, 0.05) is 4.43 Å². The predicted octanol–water partition coefficient (Wildman–Crippen LogP) is 1.03. The monoisotopic (exact) mass is 298 g/mol. The van der Waals surface area contributed by atoms with Crippen LogP contribution in [0.3, 0.4) is 0 Å². The van der Waals surface area contributed by atoms with E-state index in [0.717, 1.165) is 0 Å². The highest BCUT2D eigenvalue weighted by Crippen LogP contribution is 2.07. The molecular formula is C8H15IO2Si. The van der Waals surface area contributed by atoms with Crippen LogP contribution in [0.1, 0.15) is 0 Å². The molecule has 0 radical (unpaired) electrons. The van der Waals surface area contributed by atoms with Crippen molar-refractivity contribution in [1.29, 1.82) is 0 Å². The summed E-state index contributed by atoms with van der Waals surface area (Å²) in [5, 5.41) is 18.4. The summed E-state index contributed by atoms with van der Waals surface area (Å²) in [7, 11) is -1.44. The Morgan fingerprint density at radius 2 is 1.92 bits per heavy atom. The summed E-state index contributed by atoms with van der Waals surface area (Å²) >= 11 is 2.02. The zero-order valence-corrected chi connectivity index (χ0v) is 10.8. The average molecular weight is 298 g/mol. The second-order valence-corrected chi connectivity index (χ2v) is 9.34. The lowest BCUT2D eigenvalue weighted by Crippen LogP contribution is -2.34. The molecule has 0 fully saturated rings. The molecule has 0 saturated heterocycles. The molecule has 0 aliphatic rings. The van der Waals surface area contributed by atoms with Crippen LogP contribution in [0.25, 0.3) is 0 Å². The first-order valence-electron chi connectivity index (χ1n) is 3.76. The molecule has 1 unspecified atom stereocenters. The summed E-state index contributed by atoms with van der Waals surface area (Å²) in [4.78, 5) is 0. The maximum absolute atomic E-state index is 9.58. The molecule has 0 aromatic rings. The largest absolute Gasteiger partial charge is 0.392 e. The van der Waals surface area contributed by atoms with E-state index >= 15 is 0 Å². The van der Waals surface area contributed by atoms with Gasteiger partial charge in [0.15, 0.2) is 5.60 Å². The van der Waals surface area contributed by atoms with Gasteiger partial charge in [-0.05, 0) is 0 Å². The normalized spacial score (nSPS) is 16.2. The van der Waals surface area contributed by atoms with Crippen molar-refractivity contribution in [2.75, 3.05) is 11.0 Å². The standard InChI is InChI=1S/C8H15IO2Si/c1-12(2,3)5-4-8(11,6-9)7-10/h10-11H,6-7H2,1-3H3. The van der Waals surface area contributed by atoms with Crippen LogP contribution in [-0.4, -0.2) is 34.9 Å². The minimum absolute atomic E-state index is 0.284. The lowest BCUT2D eigenvalue weighted by molar-refractivity contribution is 0.0583. The topological polar surface area (TPSA) is 40.5 Å². The van der Waals surface area contributed by atoms with Crippen molar-refractivity contribution in [1.82, 2.24) is 0 Å². The Bertz CT molecular complexity index is 195. The summed E-state index contributed by atoms with van der Waals surface area (Å²) in [5.74, 6) is 2.75. The van der Waals surface area contributed by atoms with Crippen LogP contribution in [0.15, 0.2) is 0 Å². The molecule has 2 nitrogen and oxygen atoms in total. The molecule has 0 aromatic heterocycles. The van der Waals surface area contributed by atoms with Crippen molar-refractivity contribution in [2.45, 2.75) is 25.2 Å². The van der Waals surface area contributed by atoms with E-state index < -0.39 is 13.7 Å². The molecule has 0 spiro atoms. The Balaban J connectivity index is 4.46. The quantitative estimate of drug-likeness (QED) is 0.346. The first kappa shape index (κ1) is 12.4. The second-order valence-electron chi connectivity index (χ2n) is 3.82. The van der Waals surface area contributed by atoms with E-state index in [-0.39, 0.29) is 6.61 Å². The van der Waals surface area contributed by atoms with E-state index in [0.29, 0.717) is 4.43 Å². The summed E-state index contributed by atoms with van der Waals surface area (Å²) < 4.78 is 0.443. The summed E-state index contributed by atoms with van der Waals surface area (Å²) in [6.45, 7) is 6.02. The van der Waals surface area contributed by atoms with Crippen molar-refractivity contribution in [3.63, 3.8) is 0 Å². The molecule has 0 aromatic carbocycles. The highest BCUT2D eigenvalue weighted by atomic mass is 127. The highest BCUT2D eigenvalue weighted by molar-refractivity contribution is 14.1. The predicted molar refractivity (Wildman–Crippen MR) is 62.0 cm³/mol. The molecule has 0 bridgehead atoms. The number of alkyl halides is 1. The van der Waals surface area contributed by atoms with Gasteiger partial charge in [-0.3, -0.25) is 0 Å².